The predicted molar refractivity (Wildman–Crippen MR) is 76.9 cm³/mol. The van der Waals surface area contributed by atoms with E-state index in [0.717, 1.165) is 19.6 Å². The molecular weight excluding hydrogens is 230 g/mol. The second-order valence-corrected chi connectivity index (χ2v) is 10.9. The zero-order valence-corrected chi connectivity index (χ0v) is 13.7. The van der Waals surface area contributed by atoms with Gasteiger partial charge < -0.3 is 14.4 Å². The number of likely N-dealkylation sites (N-methyl/N-ethyl adjacent to an activating group) is 1. The van der Waals surface area contributed by atoms with Crippen LogP contribution in [0.15, 0.2) is 0 Å². The summed E-state index contributed by atoms with van der Waals surface area (Å²) in [5.74, 6) is 0. The van der Waals surface area contributed by atoms with Crippen molar-refractivity contribution in [1.82, 2.24) is 4.90 Å². The van der Waals surface area contributed by atoms with E-state index < -0.39 is 8.32 Å². The lowest BCUT2D eigenvalue weighted by atomic mass is 10.2. The van der Waals surface area contributed by atoms with Crippen molar-refractivity contribution >= 4 is 8.32 Å². The van der Waals surface area contributed by atoms with Gasteiger partial charge in [-0.15, -0.1) is 0 Å². The smallest absolute Gasteiger partial charge is 0.192 e. The molecule has 0 saturated heterocycles. The van der Waals surface area contributed by atoms with Gasteiger partial charge in [-0.25, -0.2) is 0 Å². The summed E-state index contributed by atoms with van der Waals surface area (Å²) in [5, 5.41) is 9.66. The monoisotopic (exact) mass is 261 g/mol. The van der Waals surface area contributed by atoms with Crippen LogP contribution in [-0.2, 0) is 4.43 Å². The molecule has 0 rings (SSSR count). The topological polar surface area (TPSA) is 32.7 Å². The maximum atomic E-state index is 9.47. The van der Waals surface area contributed by atoms with Crippen molar-refractivity contribution in [2.75, 3.05) is 26.2 Å². The van der Waals surface area contributed by atoms with E-state index in [1.807, 2.05) is 0 Å². The van der Waals surface area contributed by atoms with Crippen LogP contribution in [0, 0.1) is 0 Å². The summed E-state index contributed by atoms with van der Waals surface area (Å²) in [6, 6.07) is 0. The van der Waals surface area contributed by atoms with Crippen LogP contribution in [0.2, 0.25) is 18.1 Å². The molecule has 3 nitrogen and oxygen atoms in total. The van der Waals surface area contributed by atoms with Gasteiger partial charge in [0.25, 0.3) is 0 Å². The van der Waals surface area contributed by atoms with E-state index >= 15 is 0 Å². The van der Waals surface area contributed by atoms with Crippen LogP contribution in [0.5, 0.6) is 0 Å². The Morgan fingerprint density at radius 1 is 1.18 bits per heavy atom. The van der Waals surface area contributed by atoms with Crippen molar-refractivity contribution in [2.45, 2.75) is 58.9 Å². The normalized spacial score (nSPS) is 15.4. The van der Waals surface area contributed by atoms with E-state index in [1.165, 1.54) is 0 Å². The average molecular weight is 261 g/mol. The third-order valence-electron chi connectivity index (χ3n) is 3.83. The van der Waals surface area contributed by atoms with Crippen LogP contribution in [-0.4, -0.2) is 50.7 Å². The lowest BCUT2D eigenvalue weighted by molar-refractivity contribution is 0.0699. The molecule has 0 aromatic rings. The Bertz CT molecular complexity index is 210. The number of hydrogen-bond donors (Lipinski definition) is 1. The number of rotatable bonds is 7. The van der Waals surface area contributed by atoms with E-state index in [2.05, 4.69) is 52.6 Å². The maximum absolute atomic E-state index is 9.47. The highest BCUT2D eigenvalue weighted by atomic mass is 28.4. The Hall–Kier alpha value is 0.0969. The zero-order valence-electron chi connectivity index (χ0n) is 12.7. The predicted octanol–water partition coefficient (Wildman–Crippen LogP) is 2.71. The third-order valence-corrected chi connectivity index (χ3v) is 8.36. The molecule has 1 atom stereocenters. The summed E-state index contributed by atoms with van der Waals surface area (Å²) in [6.45, 7) is 18.4. The quantitative estimate of drug-likeness (QED) is 0.715. The van der Waals surface area contributed by atoms with Crippen LogP contribution in [0.25, 0.3) is 0 Å². The van der Waals surface area contributed by atoms with Gasteiger partial charge in [0.05, 0.1) is 12.7 Å². The van der Waals surface area contributed by atoms with Crippen LogP contribution < -0.4 is 0 Å². The molecule has 104 valence electrons. The van der Waals surface area contributed by atoms with Gasteiger partial charge in [-0.1, -0.05) is 34.6 Å². The van der Waals surface area contributed by atoms with Crippen LogP contribution in [0.4, 0.5) is 0 Å². The molecule has 0 aromatic carbocycles. The Balaban J connectivity index is 4.50. The lowest BCUT2D eigenvalue weighted by Gasteiger charge is -2.39. The Kier molecular flexibility index (Phi) is 6.92. The van der Waals surface area contributed by atoms with E-state index in [9.17, 15) is 5.11 Å². The third kappa shape index (κ3) is 5.51. The molecule has 0 spiro atoms. The lowest BCUT2D eigenvalue weighted by Crippen LogP contribution is -2.48. The number of aliphatic hydroxyl groups is 1. The van der Waals surface area contributed by atoms with Gasteiger partial charge in [-0.05, 0) is 31.2 Å². The number of nitrogens with zero attached hydrogens (tertiary/aromatic N) is 1. The molecule has 0 amide bonds. The van der Waals surface area contributed by atoms with Crippen molar-refractivity contribution in [1.29, 1.82) is 0 Å². The van der Waals surface area contributed by atoms with Crippen molar-refractivity contribution in [3.8, 4) is 0 Å². The van der Waals surface area contributed by atoms with Gasteiger partial charge in [0.1, 0.15) is 0 Å². The highest BCUT2D eigenvalue weighted by molar-refractivity contribution is 6.74. The summed E-state index contributed by atoms with van der Waals surface area (Å²) in [7, 11) is -1.77. The van der Waals surface area contributed by atoms with Gasteiger partial charge >= 0.3 is 0 Å². The van der Waals surface area contributed by atoms with Gasteiger partial charge in [0, 0.05) is 6.54 Å². The van der Waals surface area contributed by atoms with Crippen molar-refractivity contribution in [3.63, 3.8) is 0 Å². The molecule has 0 aliphatic heterocycles. The molecule has 0 bridgehead atoms. The molecule has 0 heterocycles. The second kappa shape index (κ2) is 6.88. The molecule has 0 radical (unpaired) electrons. The summed E-state index contributed by atoms with van der Waals surface area (Å²) >= 11 is 0. The fourth-order valence-corrected chi connectivity index (χ4v) is 2.83. The molecule has 0 aromatic heterocycles. The highest BCUT2D eigenvalue weighted by Crippen LogP contribution is 2.37. The Morgan fingerprint density at radius 2 is 1.65 bits per heavy atom. The number of hydrogen-bond acceptors (Lipinski definition) is 3. The Labute approximate surface area is 108 Å². The first kappa shape index (κ1) is 17.1. The summed E-state index contributed by atoms with van der Waals surface area (Å²) in [6.07, 6.45) is -0.0456. The number of aliphatic hydroxyl groups excluding tert-OH is 1. The molecule has 0 fully saturated rings. The van der Waals surface area contributed by atoms with E-state index in [1.54, 1.807) is 0 Å². The molecular formula is C13H31NO2Si. The van der Waals surface area contributed by atoms with Gasteiger partial charge in [0.15, 0.2) is 8.32 Å². The molecule has 0 aliphatic carbocycles. The van der Waals surface area contributed by atoms with Gasteiger partial charge in [-0.3, -0.25) is 0 Å². The van der Waals surface area contributed by atoms with E-state index in [0.29, 0.717) is 0 Å². The van der Waals surface area contributed by atoms with E-state index in [-0.39, 0.29) is 17.7 Å². The molecule has 17 heavy (non-hydrogen) atoms. The first-order valence-electron chi connectivity index (χ1n) is 6.69. The molecule has 0 aliphatic rings. The first-order valence-corrected chi connectivity index (χ1v) is 9.59. The van der Waals surface area contributed by atoms with Gasteiger partial charge in [0.2, 0.25) is 0 Å². The molecule has 1 unspecified atom stereocenters. The maximum Gasteiger partial charge on any atom is 0.192 e. The first-order chi connectivity index (χ1) is 7.67. The fraction of sp³-hybridized carbons (Fsp3) is 1.00. The van der Waals surface area contributed by atoms with Crippen molar-refractivity contribution in [2.24, 2.45) is 0 Å². The van der Waals surface area contributed by atoms with E-state index in [4.69, 9.17) is 4.43 Å². The molecule has 1 N–H and O–H groups in total. The molecule has 0 saturated carbocycles. The summed E-state index contributed by atoms with van der Waals surface area (Å²) in [4.78, 5) is 2.30. The van der Waals surface area contributed by atoms with Crippen LogP contribution >= 0.6 is 0 Å². The standard InChI is InChI=1S/C13H31NO2Si/c1-8-14(9-2)10-12(11-15)16-17(6,7)13(3,4)5/h12,15H,8-11H2,1-7H3. The van der Waals surface area contributed by atoms with Crippen LogP contribution in [0.1, 0.15) is 34.6 Å². The zero-order chi connectivity index (χ0) is 13.7. The minimum atomic E-state index is -1.77. The van der Waals surface area contributed by atoms with Crippen molar-refractivity contribution in [3.05, 3.63) is 0 Å². The average Bonchev–Trinajstić information content (AvgIpc) is 2.22. The second-order valence-electron chi connectivity index (χ2n) is 6.17. The Morgan fingerprint density at radius 3 is 1.94 bits per heavy atom. The SMILES string of the molecule is CCN(CC)CC(CO)O[Si](C)(C)C(C)(C)C. The highest BCUT2D eigenvalue weighted by Gasteiger charge is 2.39. The minimum Gasteiger partial charge on any atom is -0.410 e. The molecule has 4 heteroatoms. The summed E-state index contributed by atoms with van der Waals surface area (Å²) in [5.41, 5.74) is 0. The van der Waals surface area contributed by atoms with Crippen LogP contribution in [0.3, 0.4) is 0 Å². The van der Waals surface area contributed by atoms with Crippen molar-refractivity contribution < 1.29 is 9.53 Å². The largest absolute Gasteiger partial charge is 0.410 e. The van der Waals surface area contributed by atoms with Gasteiger partial charge in [-0.2, -0.15) is 0 Å². The fourth-order valence-electron chi connectivity index (χ4n) is 1.50. The summed E-state index contributed by atoms with van der Waals surface area (Å²) < 4.78 is 6.23. The minimum absolute atomic E-state index is 0.0456.